The molecule has 0 aliphatic rings. The maximum absolute atomic E-state index is 3.58. The highest BCUT2D eigenvalue weighted by molar-refractivity contribution is 5.53. The Kier molecular flexibility index (Phi) is 7.05. The quantitative estimate of drug-likeness (QED) is 0.467. The summed E-state index contributed by atoms with van der Waals surface area (Å²) in [5, 5.41) is 0. The average Bonchev–Trinajstić information content (AvgIpc) is 2.29. The number of benzene rings is 1. The molecule has 0 aliphatic heterocycles. The summed E-state index contributed by atoms with van der Waals surface area (Å²) in [6, 6.07) is 8.38. The molecule has 1 aromatic carbocycles. The summed E-state index contributed by atoms with van der Waals surface area (Å²) >= 11 is 0. The molecule has 0 aromatic heterocycles. The first kappa shape index (κ1) is 13.5. The highest BCUT2D eigenvalue weighted by atomic mass is 13.9. The highest BCUT2D eigenvalue weighted by Gasteiger charge is 1.86. The van der Waals surface area contributed by atoms with Gasteiger partial charge in [-0.3, -0.25) is 0 Å². The van der Waals surface area contributed by atoms with Crippen LogP contribution in [0.5, 0.6) is 0 Å². The predicted molar refractivity (Wildman–Crippen MR) is 72.0 cm³/mol. The highest BCUT2D eigenvalue weighted by Crippen LogP contribution is 2.07. The molecule has 0 unspecified atom stereocenters. The average molecular weight is 202 g/mol. The van der Waals surface area contributed by atoms with Crippen LogP contribution in [0.4, 0.5) is 0 Å². The van der Waals surface area contributed by atoms with Crippen LogP contribution in [0.3, 0.4) is 0 Å². The lowest BCUT2D eigenvalue weighted by molar-refractivity contribution is 1.46. The van der Waals surface area contributed by atoms with Gasteiger partial charge < -0.3 is 0 Å². The fraction of sp³-hybridized carbons (Fsp3) is 0.267. The lowest BCUT2D eigenvalue weighted by Gasteiger charge is -1.94. The van der Waals surface area contributed by atoms with E-state index in [1.165, 1.54) is 11.1 Å². The first-order valence-corrected chi connectivity index (χ1v) is 5.34. The lowest BCUT2D eigenvalue weighted by Crippen LogP contribution is -1.74. The third-order valence-corrected chi connectivity index (χ3v) is 1.85. The van der Waals surface area contributed by atoms with Gasteiger partial charge in [-0.2, -0.15) is 0 Å². The van der Waals surface area contributed by atoms with Crippen LogP contribution in [0.25, 0.3) is 6.08 Å². The molecule has 1 rings (SSSR count). The molecule has 0 bridgehead atoms. The van der Waals surface area contributed by atoms with Crippen LogP contribution >= 0.6 is 0 Å². The van der Waals surface area contributed by atoms with Crippen molar-refractivity contribution in [3.05, 3.63) is 59.4 Å². The summed E-state index contributed by atoms with van der Waals surface area (Å²) in [5.41, 5.74) is 6.38. The molecule has 0 nitrogen and oxygen atoms in total. The van der Waals surface area contributed by atoms with Gasteiger partial charge in [0.15, 0.2) is 0 Å². The molecule has 0 radical (unpaired) electrons. The third kappa shape index (κ3) is 5.72. The second-order valence-electron chi connectivity index (χ2n) is 3.11. The number of allylic oxidation sites excluding steroid dienone is 2. The lowest BCUT2D eigenvalue weighted by atomic mass is 10.1. The minimum absolute atomic E-state index is 0. The van der Waals surface area contributed by atoms with E-state index in [9.17, 15) is 0 Å². The van der Waals surface area contributed by atoms with Gasteiger partial charge in [-0.05, 0) is 25.0 Å². The van der Waals surface area contributed by atoms with Gasteiger partial charge in [-0.25, -0.2) is 0 Å². The van der Waals surface area contributed by atoms with Gasteiger partial charge in [-0.1, -0.05) is 62.4 Å². The van der Waals surface area contributed by atoms with Crippen molar-refractivity contribution >= 4 is 6.08 Å². The van der Waals surface area contributed by atoms with Crippen molar-refractivity contribution in [2.75, 3.05) is 0 Å². The fourth-order valence-corrected chi connectivity index (χ4v) is 1.05. The molecule has 0 heteroatoms. The van der Waals surface area contributed by atoms with Crippen molar-refractivity contribution in [3.8, 4) is 0 Å². The summed E-state index contributed by atoms with van der Waals surface area (Å²) in [6.07, 6.45) is 4.09. The minimum Gasteiger partial charge on any atom is -0.125 e. The molecular formula is C15H22. The zero-order valence-electron chi connectivity index (χ0n) is 10.2. The number of hydrogen-bond donors (Lipinski definition) is 0. The fourth-order valence-electron chi connectivity index (χ4n) is 1.05. The monoisotopic (exact) mass is 202 g/mol. The van der Waals surface area contributed by atoms with Crippen molar-refractivity contribution in [1.82, 2.24) is 0 Å². The summed E-state index contributed by atoms with van der Waals surface area (Å²) in [5.74, 6) is 0. The van der Waals surface area contributed by atoms with Gasteiger partial charge in [0.05, 0.1) is 0 Å². The van der Waals surface area contributed by atoms with Crippen molar-refractivity contribution in [1.29, 1.82) is 0 Å². The molecule has 0 amide bonds. The summed E-state index contributed by atoms with van der Waals surface area (Å²) in [4.78, 5) is 0. The van der Waals surface area contributed by atoms with E-state index < -0.39 is 0 Å². The predicted octanol–water partition coefficient (Wildman–Crippen LogP) is 5.01. The first-order valence-electron chi connectivity index (χ1n) is 5.34. The van der Waals surface area contributed by atoms with Gasteiger partial charge in [0.25, 0.3) is 0 Å². The van der Waals surface area contributed by atoms with Crippen LogP contribution in [-0.2, 0) is 0 Å². The second-order valence-corrected chi connectivity index (χ2v) is 3.11. The Morgan fingerprint density at radius 1 is 1.40 bits per heavy atom. The Bertz CT molecular complexity index is 369. The standard InChI is InChI=1S/C13H14.C2H6.H2/c1-4-11(2)8-9-13-7-5-6-12(3)10-13;1-2;/h5-10H,1H2,2-3H3;1-2H3;1H/b9-8+;;. The Labute approximate surface area is 95.1 Å². The van der Waals surface area contributed by atoms with Crippen molar-refractivity contribution in [2.45, 2.75) is 27.7 Å². The molecule has 0 saturated carbocycles. The van der Waals surface area contributed by atoms with E-state index in [1.54, 1.807) is 0 Å². The van der Waals surface area contributed by atoms with E-state index in [2.05, 4.69) is 49.6 Å². The van der Waals surface area contributed by atoms with E-state index >= 15 is 0 Å². The van der Waals surface area contributed by atoms with Crippen molar-refractivity contribution in [2.24, 2.45) is 0 Å². The molecule has 0 aliphatic carbocycles. The summed E-state index contributed by atoms with van der Waals surface area (Å²) in [7, 11) is 0. The molecule has 0 N–H and O–H groups in total. The molecule has 82 valence electrons. The van der Waals surface area contributed by atoms with E-state index in [-0.39, 0.29) is 1.43 Å². The first-order chi connectivity index (χ1) is 7.22. The SMILES string of the molecule is C=C=C(C)/C=C/c1cccc(C)c1.CC.[HH]. The number of aryl methyl sites for hydroxylation is 1. The maximum Gasteiger partial charge on any atom is 0 e. The van der Waals surface area contributed by atoms with Crippen LogP contribution in [-0.4, -0.2) is 0 Å². The Morgan fingerprint density at radius 3 is 2.60 bits per heavy atom. The smallest absolute Gasteiger partial charge is 0 e. The largest absolute Gasteiger partial charge is 0.125 e. The van der Waals surface area contributed by atoms with Gasteiger partial charge in [0.2, 0.25) is 0 Å². The summed E-state index contributed by atoms with van der Waals surface area (Å²) in [6.45, 7) is 11.7. The number of hydrogen-bond acceptors (Lipinski definition) is 0. The van der Waals surface area contributed by atoms with Crippen molar-refractivity contribution < 1.29 is 1.43 Å². The van der Waals surface area contributed by atoms with Gasteiger partial charge in [0.1, 0.15) is 0 Å². The van der Waals surface area contributed by atoms with Gasteiger partial charge in [-0.15, -0.1) is 5.73 Å². The van der Waals surface area contributed by atoms with Crippen LogP contribution in [0.1, 0.15) is 33.3 Å². The molecule has 0 heterocycles. The minimum atomic E-state index is 0. The Morgan fingerprint density at radius 2 is 2.07 bits per heavy atom. The van der Waals surface area contributed by atoms with E-state index in [0.717, 1.165) is 5.57 Å². The molecule has 0 fully saturated rings. The third-order valence-electron chi connectivity index (χ3n) is 1.85. The second kappa shape index (κ2) is 7.84. The van der Waals surface area contributed by atoms with Crippen LogP contribution in [0.15, 0.2) is 48.2 Å². The molecule has 0 atom stereocenters. The zero-order valence-corrected chi connectivity index (χ0v) is 10.2. The maximum atomic E-state index is 3.58. The van der Waals surface area contributed by atoms with Crippen LogP contribution in [0.2, 0.25) is 0 Å². The molecule has 1 aromatic rings. The molecular weight excluding hydrogens is 180 g/mol. The topological polar surface area (TPSA) is 0 Å². The molecule has 0 saturated heterocycles. The van der Waals surface area contributed by atoms with Crippen molar-refractivity contribution in [3.63, 3.8) is 0 Å². The van der Waals surface area contributed by atoms with Crippen LogP contribution in [0, 0.1) is 6.92 Å². The molecule has 15 heavy (non-hydrogen) atoms. The summed E-state index contributed by atoms with van der Waals surface area (Å²) < 4.78 is 0. The van der Waals surface area contributed by atoms with Crippen LogP contribution < -0.4 is 0 Å². The van der Waals surface area contributed by atoms with Gasteiger partial charge in [0, 0.05) is 1.43 Å². The Hall–Kier alpha value is -1.52. The zero-order chi connectivity index (χ0) is 11.7. The normalized spacial score (nSPS) is 9.07. The molecule has 0 spiro atoms. The van der Waals surface area contributed by atoms with E-state index in [0.29, 0.717) is 0 Å². The van der Waals surface area contributed by atoms with E-state index in [1.807, 2.05) is 26.8 Å². The number of rotatable bonds is 2. The Balaban J connectivity index is 0. The van der Waals surface area contributed by atoms with E-state index in [4.69, 9.17) is 0 Å². The van der Waals surface area contributed by atoms with Gasteiger partial charge >= 0.3 is 0 Å².